The van der Waals surface area contributed by atoms with E-state index in [9.17, 15) is 0 Å². The molecule has 1 nitrogen and oxygen atoms in total. The summed E-state index contributed by atoms with van der Waals surface area (Å²) < 4.78 is 0. The van der Waals surface area contributed by atoms with Gasteiger partial charge in [-0.3, -0.25) is 0 Å². The van der Waals surface area contributed by atoms with Crippen molar-refractivity contribution in [2.75, 3.05) is 6.54 Å². The van der Waals surface area contributed by atoms with E-state index in [4.69, 9.17) is 23.2 Å². The van der Waals surface area contributed by atoms with E-state index >= 15 is 0 Å². The zero-order valence-corrected chi connectivity index (χ0v) is 11.9. The summed E-state index contributed by atoms with van der Waals surface area (Å²) in [5.41, 5.74) is 1.35. The van der Waals surface area contributed by atoms with Crippen molar-refractivity contribution < 1.29 is 0 Å². The standard InChI is InChI=1S/C14H19Cl2N/c1-14(2,9-17-12-4-5-12)8-10-7-11(15)3-6-13(10)16/h3,6-7,12,17H,4-5,8-9H2,1-2H3. The summed E-state index contributed by atoms with van der Waals surface area (Å²) in [5, 5.41) is 5.15. The summed E-state index contributed by atoms with van der Waals surface area (Å²) in [7, 11) is 0. The molecule has 0 aromatic heterocycles. The largest absolute Gasteiger partial charge is 0.313 e. The van der Waals surface area contributed by atoms with Crippen LogP contribution < -0.4 is 5.32 Å². The number of halogens is 2. The Kier molecular flexibility index (Phi) is 4.02. The van der Waals surface area contributed by atoms with E-state index in [1.165, 1.54) is 12.8 Å². The van der Waals surface area contributed by atoms with Crippen LogP contribution in [-0.2, 0) is 6.42 Å². The second-order valence-corrected chi connectivity index (χ2v) is 6.58. The maximum absolute atomic E-state index is 6.20. The highest BCUT2D eigenvalue weighted by Gasteiger charge is 2.25. The van der Waals surface area contributed by atoms with Gasteiger partial charge in [-0.25, -0.2) is 0 Å². The van der Waals surface area contributed by atoms with Crippen LogP contribution in [0.1, 0.15) is 32.3 Å². The van der Waals surface area contributed by atoms with Crippen molar-refractivity contribution in [2.45, 2.75) is 39.2 Å². The van der Waals surface area contributed by atoms with Crippen LogP contribution in [0.25, 0.3) is 0 Å². The van der Waals surface area contributed by atoms with Crippen molar-refractivity contribution in [2.24, 2.45) is 5.41 Å². The first-order valence-corrected chi connectivity index (χ1v) is 6.89. The van der Waals surface area contributed by atoms with E-state index in [0.717, 1.165) is 34.6 Å². The molecule has 1 aromatic carbocycles. The van der Waals surface area contributed by atoms with Crippen molar-refractivity contribution in [1.29, 1.82) is 0 Å². The molecule has 1 aliphatic rings. The number of hydrogen-bond acceptors (Lipinski definition) is 1. The summed E-state index contributed by atoms with van der Waals surface area (Å²) in [6.45, 7) is 5.56. The van der Waals surface area contributed by atoms with Gasteiger partial charge in [0, 0.05) is 22.6 Å². The van der Waals surface area contributed by atoms with Gasteiger partial charge in [0.2, 0.25) is 0 Å². The summed E-state index contributed by atoms with van der Waals surface area (Å²) in [6.07, 6.45) is 3.61. The van der Waals surface area contributed by atoms with E-state index in [0.29, 0.717) is 0 Å². The molecular formula is C14H19Cl2N. The van der Waals surface area contributed by atoms with E-state index in [1.54, 1.807) is 0 Å². The predicted molar refractivity (Wildman–Crippen MR) is 75.0 cm³/mol. The topological polar surface area (TPSA) is 12.0 Å². The van der Waals surface area contributed by atoms with Crippen LogP contribution in [0.4, 0.5) is 0 Å². The Morgan fingerprint density at radius 1 is 1.29 bits per heavy atom. The average molecular weight is 272 g/mol. The minimum atomic E-state index is 0.205. The molecule has 2 rings (SSSR count). The highest BCUT2D eigenvalue weighted by molar-refractivity contribution is 6.33. The SMILES string of the molecule is CC(C)(CNC1CC1)Cc1cc(Cl)ccc1Cl. The maximum atomic E-state index is 6.20. The van der Waals surface area contributed by atoms with Gasteiger partial charge in [0.1, 0.15) is 0 Å². The van der Waals surface area contributed by atoms with Gasteiger partial charge in [0.15, 0.2) is 0 Å². The summed E-state index contributed by atoms with van der Waals surface area (Å²) in [6, 6.07) is 6.44. The Labute approximate surface area is 114 Å². The van der Waals surface area contributed by atoms with Crippen molar-refractivity contribution in [3.8, 4) is 0 Å². The van der Waals surface area contributed by atoms with Crippen molar-refractivity contribution in [3.63, 3.8) is 0 Å². The fourth-order valence-electron chi connectivity index (χ4n) is 1.96. The first-order valence-electron chi connectivity index (χ1n) is 6.14. The molecule has 1 aliphatic carbocycles. The predicted octanol–water partition coefficient (Wildman–Crippen LogP) is 4.31. The van der Waals surface area contributed by atoms with Gasteiger partial charge in [0.25, 0.3) is 0 Å². The molecule has 0 amide bonds. The van der Waals surface area contributed by atoms with Gasteiger partial charge in [0.05, 0.1) is 0 Å². The smallest absolute Gasteiger partial charge is 0.0439 e. The quantitative estimate of drug-likeness (QED) is 0.842. The monoisotopic (exact) mass is 271 g/mol. The molecule has 1 saturated carbocycles. The molecule has 0 saturated heterocycles. The average Bonchev–Trinajstić information content (AvgIpc) is 3.04. The Balaban J connectivity index is 1.99. The van der Waals surface area contributed by atoms with Gasteiger partial charge in [-0.05, 0) is 48.4 Å². The Bertz CT molecular complexity index is 397. The number of hydrogen-bond donors (Lipinski definition) is 1. The number of nitrogens with one attached hydrogen (secondary N) is 1. The summed E-state index contributed by atoms with van der Waals surface area (Å²) >= 11 is 12.2. The Hall–Kier alpha value is -0.240. The van der Waals surface area contributed by atoms with E-state index < -0.39 is 0 Å². The van der Waals surface area contributed by atoms with E-state index in [1.807, 2.05) is 18.2 Å². The fourth-order valence-corrected chi connectivity index (χ4v) is 2.34. The third kappa shape index (κ3) is 4.17. The molecule has 0 atom stereocenters. The lowest BCUT2D eigenvalue weighted by Crippen LogP contribution is -2.32. The van der Waals surface area contributed by atoms with Crippen LogP contribution in [0.3, 0.4) is 0 Å². The molecule has 0 unspecified atom stereocenters. The molecule has 1 aromatic rings. The molecule has 0 radical (unpaired) electrons. The molecule has 1 N–H and O–H groups in total. The lowest BCUT2D eigenvalue weighted by Gasteiger charge is -2.26. The molecular weight excluding hydrogens is 253 g/mol. The molecule has 3 heteroatoms. The molecule has 0 heterocycles. The second kappa shape index (κ2) is 5.17. The normalized spacial score (nSPS) is 16.2. The molecule has 0 bridgehead atoms. The zero-order valence-electron chi connectivity index (χ0n) is 10.4. The van der Waals surface area contributed by atoms with E-state index in [-0.39, 0.29) is 5.41 Å². The lowest BCUT2D eigenvalue weighted by atomic mass is 9.85. The third-order valence-electron chi connectivity index (χ3n) is 3.12. The molecule has 1 fully saturated rings. The van der Waals surface area contributed by atoms with Gasteiger partial charge in [-0.1, -0.05) is 37.0 Å². The van der Waals surface area contributed by atoms with Crippen molar-refractivity contribution >= 4 is 23.2 Å². The molecule has 0 aliphatic heterocycles. The van der Waals surface area contributed by atoms with Crippen molar-refractivity contribution in [3.05, 3.63) is 33.8 Å². The van der Waals surface area contributed by atoms with Crippen molar-refractivity contribution in [1.82, 2.24) is 5.32 Å². The van der Waals surface area contributed by atoms with Crippen LogP contribution in [0.15, 0.2) is 18.2 Å². The molecule has 0 spiro atoms. The highest BCUT2D eigenvalue weighted by atomic mass is 35.5. The van der Waals surface area contributed by atoms with Crippen LogP contribution in [-0.4, -0.2) is 12.6 Å². The third-order valence-corrected chi connectivity index (χ3v) is 3.73. The van der Waals surface area contributed by atoms with Gasteiger partial charge < -0.3 is 5.32 Å². The molecule has 94 valence electrons. The number of rotatable bonds is 5. The van der Waals surface area contributed by atoms with Gasteiger partial charge in [-0.2, -0.15) is 0 Å². The Morgan fingerprint density at radius 3 is 2.65 bits per heavy atom. The lowest BCUT2D eigenvalue weighted by molar-refractivity contribution is 0.337. The van der Waals surface area contributed by atoms with Crippen LogP contribution in [0, 0.1) is 5.41 Å². The summed E-state index contributed by atoms with van der Waals surface area (Å²) in [5.74, 6) is 0. The fraction of sp³-hybridized carbons (Fsp3) is 0.571. The van der Waals surface area contributed by atoms with Crippen LogP contribution in [0.5, 0.6) is 0 Å². The minimum Gasteiger partial charge on any atom is -0.313 e. The number of benzene rings is 1. The first-order chi connectivity index (χ1) is 7.96. The zero-order chi connectivity index (χ0) is 12.5. The first kappa shape index (κ1) is 13.2. The highest BCUT2D eigenvalue weighted by Crippen LogP contribution is 2.29. The van der Waals surface area contributed by atoms with E-state index in [2.05, 4.69) is 19.2 Å². The van der Waals surface area contributed by atoms with Gasteiger partial charge >= 0.3 is 0 Å². The Morgan fingerprint density at radius 2 is 2.00 bits per heavy atom. The second-order valence-electron chi connectivity index (χ2n) is 5.73. The minimum absolute atomic E-state index is 0.205. The van der Waals surface area contributed by atoms with Crippen LogP contribution >= 0.6 is 23.2 Å². The molecule has 17 heavy (non-hydrogen) atoms. The van der Waals surface area contributed by atoms with Gasteiger partial charge in [-0.15, -0.1) is 0 Å². The summed E-state index contributed by atoms with van der Waals surface area (Å²) in [4.78, 5) is 0. The van der Waals surface area contributed by atoms with Crippen LogP contribution in [0.2, 0.25) is 10.0 Å². The maximum Gasteiger partial charge on any atom is 0.0439 e.